The summed E-state index contributed by atoms with van der Waals surface area (Å²) < 4.78 is 5.77. The Kier molecular flexibility index (Phi) is 6.57. The second-order valence-electron chi connectivity index (χ2n) is 5.88. The number of carbonyl (C=O) groups is 2. The van der Waals surface area contributed by atoms with Crippen LogP contribution in [-0.2, 0) is 11.2 Å². The molecule has 0 saturated carbocycles. The van der Waals surface area contributed by atoms with Crippen LogP contribution in [0.2, 0.25) is 0 Å². The maximum Gasteiger partial charge on any atom is 0.335 e. The number of rotatable bonds is 8. The van der Waals surface area contributed by atoms with Crippen molar-refractivity contribution in [2.24, 2.45) is 0 Å². The Hall–Kier alpha value is -2.82. The molecule has 0 bridgehead atoms. The Morgan fingerprint density at radius 3 is 2.60 bits per heavy atom. The number of hydrogen-bond acceptors (Lipinski definition) is 3. The summed E-state index contributed by atoms with van der Waals surface area (Å²) in [6.45, 7) is 4.30. The van der Waals surface area contributed by atoms with Crippen molar-refractivity contribution < 1.29 is 19.4 Å². The van der Waals surface area contributed by atoms with Crippen LogP contribution in [0.5, 0.6) is 5.75 Å². The van der Waals surface area contributed by atoms with Gasteiger partial charge in [-0.3, -0.25) is 4.79 Å². The van der Waals surface area contributed by atoms with Gasteiger partial charge in [0.2, 0.25) is 0 Å². The van der Waals surface area contributed by atoms with Gasteiger partial charge >= 0.3 is 5.97 Å². The van der Waals surface area contributed by atoms with Crippen LogP contribution in [0.4, 0.5) is 0 Å². The first kappa shape index (κ1) is 18.5. The fraction of sp³-hybridized carbons (Fsp3) is 0.300. The van der Waals surface area contributed by atoms with Gasteiger partial charge in [-0.05, 0) is 55.2 Å². The SMILES string of the molecule is CCC(Oc1cccc(C)c1)C(=O)NCCc1cccc(C(=O)O)c1. The van der Waals surface area contributed by atoms with E-state index in [4.69, 9.17) is 9.84 Å². The van der Waals surface area contributed by atoms with Crippen LogP contribution in [0.1, 0.15) is 34.8 Å². The van der Waals surface area contributed by atoms with Crippen molar-refractivity contribution in [3.8, 4) is 5.75 Å². The van der Waals surface area contributed by atoms with E-state index >= 15 is 0 Å². The van der Waals surface area contributed by atoms with Gasteiger partial charge < -0.3 is 15.2 Å². The predicted octanol–water partition coefficient (Wildman–Crippen LogP) is 3.21. The number of amides is 1. The van der Waals surface area contributed by atoms with E-state index in [0.717, 1.165) is 11.1 Å². The lowest BCUT2D eigenvalue weighted by molar-refractivity contribution is -0.128. The van der Waals surface area contributed by atoms with E-state index in [1.54, 1.807) is 18.2 Å². The quantitative estimate of drug-likeness (QED) is 0.773. The average molecular weight is 341 g/mol. The first-order valence-electron chi connectivity index (χ1n) is 8.33. The molecule has 2 aromatic rings. The standard InChI is InChI=1S/C20H23NO4/c1-3-18(25-17-9-4-6-14(2)12-17)19(22)21-11-10-15-7-5-8-16(13-15)20(23)24/h4-9,12-13,18H,3,10-11H2,1-2H3,(H,21,22)(H,23,24). The highest BCUT2D eigenvalue weighted by molar-refractivity contribution is 5.87. The minimum absolute atomic E-state index is 0.168. The van der Waals surface area contributed by atoms with Crippen LogP contribution >= 0.6 is 0 Å². The molecular formula is C20H23NO4. The van der Waals surface area contributed by atoms with E-state index < -0.39 is 12.1 Å². The molecule has 1 atom stereocenters. The molecule has 0 aliphatic heterocycles. The van der Waals surface area contributed by atoms with E-state index in [0.29, 0.717) is 25.1 Å². The highest BCUT2D eigenvalue weighted by Crippen LogP contribution is 2.15. The number of hydrogen-bond donors (Lipinski definition) is 2. The third kappa shape index (κ3) is 5.64. The fourth-order valence-corrected chi connectivity index (χ4v) is 2.48. The molecule has 2 rings (SSSR count). The molecule has 0 spiro atoms. The number of nitrogens with one attached hydrogen (secondary N) is 1. The molecule has 0 saturated heterocycles. The second kappa shape index (κ2) is 8.87. The van der Waals surface area contributed by atoms with Crippen molar-refractivity contribution in [1.82, 2.24) is 5.32 Å². The van der Waals surface area contributed by atoms with Crippen LogP contribution in [0.25, 0.3) is 0 Å². The fourth-order valence-electron chi connectivity index (χ4n) is 2.48. The third-order valence-electron chi connectivity index (χ3n) is 3.82. The number of carboxylic acid groups (broad SMARTS) is 1. The van der Waals surface area contributed by atoms with Gasteiger partial charge in [0.05, 0.1) is 5.56 Å². The van der Waals surface area contributed by atoms with Crippen molar-refractivity contribution >= 4 is 11.9 Å². The zero-order chi connectivity index (χ0) is 18.2. The number of carbonyl (C=O) groups excluding carboxylic acids is 1. The number of carboxylic acids is 1. The maximum atomic E-state index is 12.3. The van der Waals surface area contributed by atoms with Crippen molar-refractivity contribution in [3.63, 3.8) is 0 Å². The summed E-state index contributed by atoms with van der Waals surface area (Å²) in [5, 5.41) is 11.9. The van der Waals surface area contributed by atoms with Crippen LogP contribution in [0, 0.1) is 6.92 Å². The average Bonchev–Trinajstić information content (AvgIpc) is 2.60. The molecular weight excluding hydrogens is 318 g/mol. The zero-order valence-corrected chi connectivity index (χ0v) is 14.5. The minimum atomic E-state index is -0.955. The summed E-state index contributed by atoms with van der Waals surface area (Å²) in [6.07, 6.45) is 0.578. The van der Waals surface area contributed by atoms with Crippen LogP contribution in [0.3, 0.4) is 0 Å². The maximum absolute atomic E-state index is 12.3. The Balaban J connectivity index is 1.87. The molecule has 5 nitrogen and oxygen atoms in total. The van der Waals surface area contributed by atoms with E-state index in [-0.39, 0.29) is 11.5 Å². The minimum Gasteiger partial charge on any atom is -0.481 e. The molecule has 0 heterocycles. The summed E-state index contributed by atoms with van der Waals surface area (Å²) in [6, 6.07) is 14.3. The van der Waals surface area contributed by atoms with E-state index in [1.807, 2.05) is 44.2 Å². The Labute approximate surface area is 147 Å². The van der Waals surface area contributed by atoms with Crippen molar-refractivity contribution in [2.45, 2.75) is 32.8 Å². The van der Waals surface area contributed by atoms with E-state index in [2.05, 4.69) is 5.32 Å². The summed E-state index contributed by atoms with van der Waals surface area (Å²) in [5.74, 6) is -0.446. The summed E-state index contributed by atoms with van der Waals surface area (Å²) >= 11 is 0. The van der Waals surface area contributed by atoms with Crippen LogP contribution in [0.15, 0.2) is 48.5 Å². The van der Waals surface area contributed by atoms with Gasteiger partial charge in [-0.15, -0.1) is 0 Å². The molecule has 0 fully saturated rings. The number of benzene rings is 2. The lowest BCUT2D eigenvalue weighted by atomic mass is 10.1. The molecule has 1 unspecified atom stereocenters. The van der Waals surface area contributed by atoms with Crippen molar-refractivity contribution in [3.05, 3.63) is 65.2 Å². The zero-order valence-electron chi connectivity index (χ0n) is 14.5. The summed E-state index contributed by atoms with van der Waals surface area (Å²) in [4.78, 5) is 23.3. The lowest BCUT2D eigenvalue weighted by Gasteiger charge is -2.17. The van der Waals surface area contributed by atoms with Gasteiger partial charge in [-0.25, -0.2) is 4.79 Å². The largest absolute Gasteiger partial charge is 0.481 e. The highest BCUT2D eigenvalue weighted by Gasteiger charge is 2.17. The van der Waals surface area contributed by atoms with Crippen LogP contribution in [-0.4, -0.2) is 29.6 Å². The Morgan fingerprint density at radius 1 is 1.16 bits per heavy atom. The molecule has 25 heavy (non-hydrogen) atoms. The normalized spacial score (nSPS) is 11.6. The number of ether oxygens (including phenoxy) is 1. The van der Waals surface area contributed by atoms with Crippen molar-refractivity contribution in [2.75, 3.05) is 6.54 Å². The highest BCUT2D eigenvalue weighted by atomic mass is 16.5. The van der Waals surface area contributed by atoms with Crippen molar-refractivity contribution in [1.29, 1.82) is 0 Å². The smallest absolute Gasteiger partial charge is 0.335 e. The molecule has 0 aliphatic carbocycles. The first-order valence-corrected chi connectivity index (χ1v) is 8.33. The number of aromatic carboxylic acids is 1. The molecule has 1 amide bonds. The molecule has 0 aromatic heterocycles. The third-order valence-corrected chi connectivity index (χ3v) is 3.82. The molecule has 2 aromatic carbocycles. The number of aryl methyl sites for hydroxylation is 1. The Bertz CT molecular complexity index is 742. The van der Waals surface area contributed by atoms with Gasteiger partial charge in [0.1, 0.15) is 5.75 Å². The van der Waals surface area contributed by atoms with Crippen LogP contribution < -0.4 is 10.1 Å². The Morgan fingerprint density at radius 2 is 1.92 bits per heavy atom. The van der Waals surface area contributed by atoms with E-state index in [9.17, 15) is 9.59 Å². The molecule has 132 valence electrons. The first-order chi connectivity index (χ1) is 12.0. The van der Waals surface area contributed by atoms with Gasteiger partial charge in [0.25, 0.3) is 5.91 Å². The van der Waals surface area contributed by atoms with Gasteiger partial charge in [0, 0.05) is 6.54 Å². The summed E-state index contributed by atoms with van der Waals surface area (Å²) in [7, 11) is 0. The summed E-state index contributed by atoms with van der Waals surface area (Å²) in [5.41, 5.74) is 2.19. The topological polar surface area (TPSA) is 75.6 Å². The molecule has 2 N–H and O–H groups in total. The predicted molar refractivity (Wildman–Crippen MR) is 96.0 cm³/mol. The van der Waals surface area contributed by atoms with E-state index in [1.165, 1.54) is 0 Å². The van der Waals surface area contributed by atoms with Gasteiger partial charge in [-0.1, -0.05) is 31.2 Å². The molecule has 0 radical (unpaired) electrons. The monoisotopic (exact) mass is 341 g/mol. The molecule has 5 heteroatoms. The lowest BCUT2D eigenvalue weighted by Crippen LogP contribution is -2.38. The van der Waals surface area contributed by atoms with Gasteiger partial charge in [0.15, 0.2) is 6.10 Å². The second-order valence-corrected chi connectivity index (χ2v) is 5.88. The molecule has 0 aliphatic rings. The van der Waals surface area contributed by atoms with Gasteiger partial charge in [-0.2, -0.15) is 0 Å².